The van der Waals surface area contributed by atoms with Gasteiger partial charge in [-0.1, -0.05) is 92.6 Å². The fourth-order valence-electron chi connectivity index (χ4n) is 4.17. The molecule has 0 nitrogen and oxygen atoms in total. The molecular formula is C35H48F2. The van der Waals surface area contributed by atoms with Crippen LogP contribution in [0.1, 0.15) is 92.0 Å². The van der Waals surface area contributed by atoms with Gasteiger partial charge in [0.1, 0.15) is 11.5 Å². The molecule has 202 valence electrons. The fraction of sp³-hybridized carbons (Fsp3) is 0.429. The van der Waals surface area contributed by atoms with Crippen LogP contribution in [0.4, 0.5) is 8.78 Å². The van der Waals surface area contributed by atoms with Gasteiger partial charge in [0.2, 0.25) is 0 Å². The molecule has 2 heteroatoms. The van der Waals surface area contributed by atoms with Crippen LogP contribution in [-0.4, -0.2) is 5.67 Å². The molecule has 0 amide bonds. The van der Waals surface area contributed by atoms with Crippen molar-refractivity contribution in [2.24, 2.45) is 0 Å². The largest absolute Gasteiger partial charge is 0.243 e. The van der Waals surface area contributed by atoms with Crippen molar-refractivity contribution < 1.29 is 8.78 Å². The quantitative estimate of drug-likeness (QED) is 0.323. The van der Waals surface area contributed by atoms with E-state index in [1.165, 1.54) is 22.3 Å². The van der Waals surface area contributed by atoms with Gasteiger partial charge in [0, 0.05) is 5.41 Å². The van der Waals surface area contributed by atoms with E-state index < -0.39 is 11.1 Å². The minimum atomic E-state index is -1.19. The Bertz CT molecular complexity index is 1080. The lowest BCUT2D eigenvalue weighted by Crippen LogP contribution is -2.43. The first-order valence-corrected chi connectivity index (χ1v) is 13.4. The molecule has 2 atom stereocenters. The molecular weight excluding hydrogens is 458 g/mol. The van der Waals surface area contributed by atoms with Gasteiger partial charge in [0.25, 0.3) is 0 Å². The zero-order chi connectivity index (χ0) is 28.4. The lowest BCUT2D eigenvalue weighted by atomic mass is 9.67. The van der Waals surface area contributed by atoms with Crippen LogP contribution in [0.2, 0.25) is 0 Å². The van der Waals surface area contributed by atoms with Gasteiger partial charge in [-0.2, -0.15) is 0 Å². The second-order valence-electron chi connectivity index (χ2n) is 10.6. The summed E-state index contributed by atoms with van der Waals surface area (Å²) in [6.07, 6.45) is 5.46. The average Bonchev–Trinajstić information content (AvgIpc) is 2.86. The average molecular weight is 507 g/mol. The summed E-state index contributed by atoms with van der Waals surface area (Å²) in [5.41, 5.74) is 7.44. The Morgan fingerprint density at radius 2 is 1.19 bits per heavy atom. The molecule has 0 N–H and O–H groups in total. The van der Waals surface area contributed by atoms with Crippen molar-refractivity contribution in [3.63, 3.8) is 0 Å². The number of allylic oxidation sites excluding steroid dienone is 1. The van der Waals surface area contributed by atoms with E-state index in [9.17, 15) is 8.78 Å². The summed E-state index contributed by atoms with van der Waals surface area (Å²) in [6, 6.07) is 18.3. The molecule has 0 radical (unpaired) electrons. The van der Waals surface area contributed by atoms with Crippen LogP contribution in [0, 0.1) is 47.4 Å². The highest BCUT2D eigenvalue weighted by Gasteiger charge is 2.43. The van der Waals surface area contributed by atoms with Crippen molar-refractivity contribution in [2.75, 3.05) is 0 Å². The molecule has 0 bridgehead atoms. The first-order valence-electron chi connectivity index (χ1n) is 13.4. The van der Waals surface area contributed by atoms with Crippen LogP contribution in [0.15, 0.2) is 60.7 Å². The summed E-state index contributed by atoms with van der Waals surface area (Å²) in [5, 5.41) is 0. The number of halogens is 2. The van der Waals surface area contributed by atoms with Crippen molar-refractivity contribution in [1.29, 1.82) is 0 Å². The molecule has 3 aromatic carbocycles. The summed E-state index contributed by atoms with van der Waals surface area (Å²) < 4.78 is 27.7. The standard InChI is InChI=1S/C18H27F.C9H11F.C8H10/c1-7-10-15-13-16(12-11-14(15)4)17(5,8-2)18(6,19)9-3;1-6-4-8(3)9(10)5-7(6)2;1-7-3-5-8(2)6-4-7/h7,10-13H,8-9H2,1-6H3;4-5H,1-3H3;3-6H,1-2H3/b10-7-;;. The van der Waals surface area contributed by atoms with E-state index in [-0.39, 0.29) is 5.82 Å². The van der Waals surface area contributed by atoms with Gasteiger partial charge < -0.3 is 0 Å². The molecule has 3 rings (SSSR count). The molecule has 0 aliphatic rings. The normalized spacial score (nSPS) is 14.1. The molecule has 0 aliphatic heterocycles. The first-order chi connectivity index (χ1) is 17.2. The van der Waals surface area contributed by atoms with Gasteiger partial charge in [-0.3, -0.25) is 0 Å². The van der Waals surface area contributed by atoms with Gasteiger partial charge in [-0.15, -0.1) is 0 Å². The molecule has 0 spiro atoms. The number of alkyl halides is 1. The van der Waals surface area contributed by atoms with Crippen LogP contribution in [0.25, 0.3) is 6.08 Å². The third kappa shape index (κ3) is 8.95. The Morgan fingerprint density at radius 3 is 1.62 bits per heavy atom. The molecule has 37 heavy (non-hydrogen) atoms. The number of rotatable bonds is 5. The van der Waals surface area contributed by atoms with Gasteiger partial charge >= 0.3 is 0 Å². The van der Waals surface area contributed by atoms with Crippen LogP contribution in [-0.2, 0) is 5.41 Å². The van der Waals surface area contributed by atoms with Gasteiger partial charge in [0.15, 0.2) is 0 Å². The zero-order valence-corrected chi connectivity index (χ0v) is 25.0. The minimum Gasteiger partial charge on any atom is -0.243 e. The highest BCUT2D eigenvalue weighted by molar-refractivity contribution is 5.55. The van der Waals surface area contributed by atoms with E-state index in [4.69, 9.17) is 0 Å². The number of benzene rings is 3. The number of aryl methyl sites for hydroxylation is 6. The summed E-state index contributed by atoms with van der Waals surface area (Å²) in [7, 11) is 0. The Morgan fingerprint density at radius 1 is 0.676 bits per heavy atom. The second kappa shape index (κ2) is 14.3. The van der Waals surface area contributed by atoms with E-state index in [1.807, 2.05) is 46.8 Å². The molecule has 0 aromatic heterocycles. The Labute approximate surface area is 225 Å². The van der Waals surface area contributed by atoms with E-state index in [1.54, 1.807) is 19.9 Å². The molecule has 0 aliphatic carbocycles. The van der Waals surface area contributed by atoms with Crippen molar-refractivity contribution in [3.8, 4) is 0 Å². The van der Waals surface area contributed by atoms with Crippen molar-refractivity contribution in [3.05, 3.63) is 111 Å². The summed E-state index contributed by atoms with van der Waals surface area (Å²) in [6.45, 7) is 21.7. The molecule has 2 unspecified atom stereocenters. The first kappa shape index (κ1) is 32.3. The SMILES string of the molecule is C/C=C\c1cc(C(C)(CC)C(C)(F)CC)ccc1C.Cc1cc(C)c(F)cc1C.Cc1ccc(C)cc1. The number of hydrogen-bond donors (Lipinski definition) is 0. The van der Waals surface area contributed by atoms with E-state index in [2.05, 4.69) is 76.2 Å². The van der Waals surface area contributed by atoms with Crippen LogP contribution >= 0.6 is 0 Å². The van der Waals surface area contributed by atoms with E-state index in [0.717, 1.165) is 28.7 Å². The highest BCUT2D eigenvalue weighted by Crippen LogP contribution is 2.43. The van der Waals surface area contributed by atoms with E-state index >= 15 is 0 Å². The van der Waals surface area contributed by atoms with E-state index in [0.29, 0.717) is 6.42 Å². The monoisotopic (exact) mass is 506 g/mol. The smallest absolute Gasteiger partial charge is 0.126 e. The third-order valence-electron chi connectivity index (χ3n) is 7.78. The predicted molar refractivity (Wildman–Crippen MR) is 160 cm³/mol. The Kier molecular flexibility index (Phi) is 12.4. The van der Waals surface area contributed by atoms with Crippen molar-refractivity contribution >= 4 is 6.08 Å². The molecule has 0 heterocycles. The maximum Gasteiger partial charge on any atom is 0.126 e. The summed E-state index contributed by atoms with van der Waals surface area (Å²) >= 11 is 0. The Hall–Kier alpha value is -2.74. The van der Waals surface area contributed by atoms with Gasteiger partial charge in [0.05, 0.1) is 0 Å². The third-order valence-corrected chi connectivity index (χ3v) is 7.78. The topological polar surface area (TPSA) is 0 Å². The summed E-state index contributed by atoms with van der Waals surface area (Å²) in [5.74, 6) is -0.108. The molecule has 0 saturated heterocycles. The second-order valence-corrected chi connectivity index (χ2v) is 10.6. The van der Waals surface area contributed by atoms with Gasteiger partial charge in [-0.05, 0) is 108 Å². The molecule has 0 fully saturated rings. The maximum atomic E-state index is 15.0. The fourth-order valence-corrected chi connectivity index (χ4v) is 4.17. The zero-order valence-electron chi connectivity index (χ0n) is 25.0. The molecule has 3 aromatic rings. The predicted octanol–water partition coefficient (Wildman–Crippen LogP) is 10.9. The van der Waals surface area contributed by atoms with Crippen LogP contribution < -0.4 is 0 Å². The maximum absolute atomic E-state index is 15.0. The highest BCUT2D eigenvalue weighted by atomic mass is 19.1. The Balaban J connectivity index is 0.000000315. The number of hydrogen-bond acceptors (Lipinski definition) is 0. The lowest BCUT2D eigenvalue weighted by molar-refractivity contribution is 0.0722. The van der Waals surface area contributed by atoms with Gasteiger partial charge in [-0.25, -0.2) is 8.78 Å². The lowest BCUT2D eigenvalue weighted by Gasteiger charge is -2.40. The van der Waals surface area contributed by atoms with Crippen LogP contribution in [0.3, 0.4) is 0 Å². The molecule has 0 saturated carbocycles. The minimum absolute atomic E-state index is 0.108. The summed E-state index contributed by atoms with van der Waals surface area (Å²) in [4.78, 5) is 0. The van der Waals surface area contributed by atoms with Crippen molar-refractivity contribution in [1.82, 2.24) is 0 Å². The van der Waals surface area contributed by atoms with Crippen LogP contribution in [0.5, 0.6) is 0 Å². The van der Waals surface area contributed by atoms with Crippen molar-refractivity contribution in [2.45, 2.75) is 100 Å².